The van der Waals surface area contributed by atoms with Crippen LogP contribution in [0.2, 0.25) is 5.02 Å². The summed E-state index contributed by atoms with van der Waals surface area (Å²) in [5.74, 6) is 0.505. The van der Waals surface area contributed by atoms with E-state index in [-0.39, 0.29) is 22.4 Å². The second-order valence-electron chi connectivity index (χ2n) is 6.08. The number of hydrogen-bond acceptors (Lipinski definition) is 4. The van der Waals surface area contributed by atoms with Gasteiger partial charge in [0.05, 0.1) is 21.0 Å². The first kappa shape index (κ1) is 16.3. The third kappa shape index (κ3) is 2.39. The molecule has 0 bridgehead atoms. The maximum Gasteiger partial charge on any atom is 0.271 e. The predicted octanol–water partition coefficient (Wildman–Crippen LogP) is 4.36. The average Bonchev–Trinajstić information content (AvgIpc) is 2.71. The zero-order chi connectivity index (χ0) is 17.6. The summed E-state index contributed by atoms with van der Waals surface area (Å²) in [5.41, 5.74) is 0.790. The molecule has 1 amide bonds. The fraction of sp³-hybridized carbons (Fsp3) is 0.235. The monoisotopic (exact) mass is 346 g/mol. The van der Waals surface area contributed by atoms with E-state index in [0.29, 0.717) is 11.3 Å². The van der Waals surface area contributed by atoms with E-state index in [1.54, 1.807) is 18.0 Å². The number of amides is 1. The molecule has 0 saturated carbocycles. The lowest BCUT2D eigenvalue weighted by Crippen LogP contribution is -2.35. The van der Waals surface area contributed by atoms with E-state index in [1.165, 1.54) is 18.2 Å². The van der Waals surface area contributed by atoms with Crippen LogP contribution in [-0.4, -0.2) is 22.8 Å². The average molecular weight is 347 g/mol. The van der Waals surface area contributed by atoms with Crippen molar-refractivity contribution in [2.24, 2.45) is 0 Å². The SMILES string of the molecule is CN1C(=O)c2c(Oc3ccc([N+](=O)[O-])cc3Cl)cccc2C1(C)C. The summed E-state index contributed by atoms with van der Waals surface area (Å²) in [7, 11) is 1.74. The highest BCUT2D eigenvalue weighted by Gasteiger charge is 2.42. The minimum atomic E-state index is -0.531. The van der Waals surface area contributed by atoms with E-state index in [0.717, 1.165) is 5.56 Å². The molecule has 0 fully saturated rings. The Morgan fingerprint density at radius 1 is 1.21 bits per heavy atom. The fourth-order valence-electron chi connectivity index (χ4n) is 2.75. The third-order valence-electron chi connectivity index (χ3n) is 4.39. The number of nitrogens with zero attached hydrogens (tertiary/aromatic N) is 2. The molecule has 0 radical (unpaired) electrons. The van der Waals surface area contributed by atoms with Crippen molar-refractivity contribution < 1.29 is 14.5 Å². The van der Waals surface area contributed by atoms with Crippen LogP contribution in [0.1, 0.15) is 29.8 Å². The highest BCUT2D eigenvalue weighted by atomic mass is 35.5. The number of fused-ring (bicyclic) bond motifs is 1. The van der Waals surface area contributed by atoms with Crippen molar-refractivity contribution in [3.8, 4) is 11.5 Å². The molecule has 2 aromatic rings. The third-order valence-corrected chi connectivity index (χ3v) is 4.68. The molecule has 7 heteroatoms. The molecule has 0 aromatic heterocycles. The van der Waals surface area contributed by atoms with Gasteiger partial charge in [-0.15, -0.1) is 0 Å². The van der Waals surface area contributed by atoms with Gasteiger partial charge in [0.1, 0.15) is 11.5 Å². The van der Waals surface area contributed by atoms with E-state index in [4.69, 9.17) is 16.3 Å². The highest BCUT2D eigenvalue weighted by molar-refractivity contribution is 6.32. The lowest BCUT2D eigenvalue weighted by molar-refractivity contribution is -0.384. The van der Waals surface area contributed by atoms with Crippen molar-refractivity contribution in [3.63, 3.8) is 0 Å². The smallest absolute Gasteiger partial charge is 0.271 e. The van der Waals surface area contributed by atoms with Gasteiger partial charge in [-0.25, -0.2) is 0 Å². The lowest BCUT2D eigenvalue weighted by atomic mass is 9.94. The van der Waals surface area contributed by atoms with Gasteiger partial charge in [0.2, 0.25) is 0 Å². The Kier molecular flexibility index (Phi) is 3.72. The maximum absolute atomic E-state index is 12.6. The predicted molar refractivity (Wildman–Crippen MR) is 89.7 cm³/mol. The molecule has 1 aliphatic rings. The van der Waals surface area contributed by atoms with Crippen LogP contribution in [0.4, 0.5) is 5.69 Å². The summed E-state index contributed by atoms with van der Waals surface area (Å²) >= 11 is 6.07. The zero-order valence-electron chi connectivity index (χ0n) is 13.4. The molecule has 124 valence electrons. The zero-order valence-corrected chi connectivity index (χ0v) is 14.1. The van der Waals surface area contributed by atoms with Crippen molar-refractivity contribution in [1.82, 2.24) is 4.90 Å². The van der Waals surface area contributed by atoms with Crippen LogP contribution in [-0.2, 0) is 5.54 Å². The molecule has 1 heterocycles. The van der Waals surface area contributed by atoms with Gasteiger partial charge in [-0.1, -0.05) is 23.7 Å². The first-order valence-electron chi connectivity index (χ1n) is 7.27. The Labute approximate surface area is 143 Å². The quantitative estimate of drug-likeness (QED) is 0.611. The normalized spacial score (nSPS) is 15.3. The molecule has 6 nitrogen and oxygen atoms in total. The first-order valence-corrected chi connectivity index (χ1v) is 7.64. The van der Waals surface area contributed by atoms with E-state index < -0.39 is 10.5 Å². The summed E-state index contributed by atoms with van der Waals surface area (Å²) in [6, 6.07) is 9.33. The Hall–Kier alpha value is -2.60. The second kappa shape index (κ2) is 5.49. The number of carbonyl (C=O) groups is 1. The summed E-state index contributed by atoms with van der Waals surface area (Å²) < 4.78 is 5.80. The van der Waals surface area contributed by atoms with Crippen molar-refractivity contribution in [1.29, 1.82) is 0 Å². The fourth-order valence-corrected chi connectivity index (χ4v) is 2.97. The highest BCUT2D eigenvalue weighted by Crippen LogP contribution is 2.43. The summed E-state index contributed by atoms with van der Waals surface area (Å²) in [4.78, 5) is 24.5. The summed E-state index contributed by atoms with van der Waals surface area (Å²) in [6.45, 7) is 3.92. The minimum absolute atomic E-state index is 0.111. The molecule has 0 atom stereocenters. The number of nitro benzene ring substituents is 1. The molecular weight excluding hydrogens is 332 g/mol. The van der Waals surface area contributed by atoms with Crippen LogP contribution in [0.25, 0.3) is 0 Å². The van der Waals surface area contributed by atoms with Gasteiger partial charge in [0.25, 0.3) is 11.6 Å². The number of nitro groups is 1. The van der Waals surface area contributed by atoms with Crippen LogP contribution in [0, 0.1) is 10.1 Å². The van der Waals surface area contributed by atoms with E-state index in [9.17, 15) is 14.9 Å². The van der Waals surface area contributed by atoms with Gasteiger partial charge in [-0.2, -0.15) is 0 Å². The Morgan fingerprint density at radius 2 is 1.92 bits per heavy atom. The van der Waals surface area contributed by atoms with Crippen LogP contribution < -0.4 is 4.74 Å². The van der Waals surface area contributed by atoms with Crippen molar-refractivity contribution in [2.45, 2.75) is 19.4 Å². The van der Waals surface area contributed by atoms with E-state index in [2.05, 4.69) is 0 Å². The van der Waals surface area contributed by atoms with E-state index >= 15 is 0 Å². The Morgan fingerprint density at radius 3 is 2.54 bits per heavy atom. The molecule has 1 aliphatic heterocycles. The maximum atomic E-state index is 12.6. The lowest BCUT2D eigenvalue weighted by Gasteiger charge is -2.28. The topological polar surface area (TPSA) is 72.7 Å². The molecule has 0 saturated heterocycles. The molecule has 0 N–H and O–H groups in total. The van der Waals surface area contributed by atoms with Crippen LogP contribution in [0.15, 0.2) is 36.4 Å². The van der Waals surface area contributed by atoms with Gasteiger partial charge in [0, 0.05) is 19.2 Å². The minimum Gasteiger partial charge on any atom is -0.455 e. The van der Waals surface area contributed by atoms with Gasteiger partial charge in [0.15, 0.2) is 0 Å². The second-order valence-corrected chi connectivity index (χ2v) is 6.48. The number of ether oxygens (including phenoxy) is 1. The number of carbonyl (C=O) groups excluding carboxylic acids is 1. The largest absolute Gasteiger partial charge is 0.455 e. The molecule has 24 heavy (non-hydrogen) atoms. The number of hydrogen-bond donors (Lipinski definition) is 0. The Balaban J connectivity index is 2.04. The van der Waals surface area contributed by atoms with Crippen molar-refractivity contribution >= 4 is 23.2 Å². The van der Waals surface area contributed by atoms with Crippen LogP contribution >= 0.6 is 11.6 Å². The Bertz CT molecular complexity index is 864. The first-order chi connectivity index (χ1) is 11.2. The van der Waals surface area contributed by atoms with Crippen LogP contribution in [0.5, 0.6) is 11.5 Å². The van der Waals surface area contributed by atoms with Gasteiger partial charge >= 0.3 is 0 Å². The molecular formula is C17H15ClN2O4. The van der Waals surface area contributed by atoms with Crippen molar-refractivity contribution in [2.75, 3.05) is 7.05 Å². The van der Waals surface area contributed by atoms with Crippen LogP contribution in [0.3, 0.4) is 0 Å². The standard InChI is InChI=1S/C17H15ClN2O4/c1-17(2)11-5-4-6-14(15(11)16(21)19(17)3)24-13-8-7-10(20(22)23)9-12(13)18/h4-9H,1-3H3. The number of halogens is 1. The number of benzene rings is 2. The summed E-state index contributed by atoms with van der Waals surface area (Å²) in [5, 5.41) is 10.9. The molecule has 0 spiro atoms. The molecule has 0 aliphatic carbocycles. The molecule has 2 aromatic carbocycles. The van der Waals surface area contributed by atoms with E-state index in [1.807, 2.05) is 26.0 Å². The number of non-ortho nitro benzene ring substituents is 1. The van der Waals surface area contributed by atoms with Gasteiger partial charge < -0.3 is 9.64 Å². The van der Waals surface area contributed by atoms with Gasteiger partial charge in [-0.05, 0) is 31.5 Å². The molecule has 0 unspecified atom stereocenters. The van der Waals surface area contributed by atoms with Crippen molar-refractivity contribution in [3.05, 3.63) is 62.7 Å². The molecule has 3 rings (SSSR count). The number of rotatable bonds is 3. The van der Waals surface area contributed by atoms with Gasteiger partial charge in [-0.3, -0.25) is 14.9 Å². The summed E-state index contributed by atoms with van der Waals surface area (Å²) in [6.07, 6.45) is 0.